The third kappa shape index (κ3) is 1.28. The second kappa shape index (κ2) is 2.86. The summed E-state index contributed by atoms with van der Waals surface area (Å²) in [5, 5.41) is 0. The number of carbonyl (C=O) groups excluding carboxylic acids is 1. The van der Waals surface area contributed by atoms with Gasteiger partial charge in [-0.2, -0.15) is 0 Å². The van der Waals surface area contributed by atoms with Crippen LogP contribution < -0.4 is 4.74 Å². The molecule has 0 amide bonds. The van der Waals surface area contributed by atoms with Crippen molar-refractivity contribution in [2.75, 3.05) is 0 Å². The minimum absolute atomic E-state index is 0.0739. The van der Waals surface area contributed by atoms with Gasteiger partial charge in [-0.3, -0.25) is 4.79 Å². The third-order valence-corrected chi connectivity index (χ3v) is 3.27. The topological polar surface area (TPSA) is 38.8 Å². The van der Waals surface area contributed by atoms with Crippen LogP contribution in [0.2, 0.25) is 0 Å². The lowest BCUT2D eigenvalue weighted by molar-refractivity contribution is 0.0725. The van der Waals surface area contributed by atoms with Crippen LogP contribution in [0.15, 0.2) is 18.2 Å². The Labute approximate surface area is 94.4 Å². The number of fused-ring (bicyclic) bond motifs is 3. The Balaban J connectivity index is 2.06. The largest absolute Gasteiger partial charge is 0.485 e. The van der Waals surface area contributed by atoms with Gasteiger partial charge in [0.2, 0.25) is 0 Å². The van der Waals surface area contributed by atoms with E-state index in [1.807, 2.05) is 26.0 Å². The van der Waals surface area contributed by atoms with Crippen LogP contribution in [-0.2, 0) is 4.74 Å². The lowest BCUT2D eigenvalue weighted by atomic mass is 9.93. The molecule has 16 heavy (non-hydrogen) atoms. The van der Waals surface area contributed by atoms with Crippen molar-refractivity contribution in [1.29, 1.82) is 0 Å². The number of hydrogen-bond donors (Lipinski definition) is 0. The standard InChI is InChI=1S/C13H14O3/c1-7(14)8-4-5-10-9(6-8)11-12(15-11)13(2,3)16-10/h4-6,11-12H,1-3H3/t11-,12-/m0/s1. The van der Waals surface area contributed by atoms with Crippen molar-refractivity contribution >= 4 is 5.78 Å². The molecule has 0 spiro atoms. The second-order valence-corrected chi connectivity index (χ2v) is 4.99. The van der Waals surface area contributed by atoms with E-state index in [0.717, 1.165) is 16.9 Å². The van der Waals surface area contributed by atoms with E-state index in [4.69, 9.17) is 9.47 Å². The van der Waals surface area contributed by atoms with E-state index < -0.39 is 0 Å². The first-order valence-corrected chi connectivity index (χ1v) is 5.48. The third-order valence-electron chi connectivity index (χ3n) is 3.27. The number of Topliss-reactive ketones (excluding diaryl/α,β-unsaturated/α-hetero) is 1. The molecule has 0 radical (unpaired) electrons. The Kier molecular flexibility index (Phi) is 1.76. The summed E-state index contributed by atoms with van der Waals surface area (Å²) in [5.41, 5.74) is 1.46. The molecule has 0 bridgehead atoms. The number of ether oxygens (including phenoxy) is 2. The molecule has 1 fully saturated rings. The highest BCUT2D eigenvalue weighted by Gasteiger charge is 2.56. The van der Waals surface area contributed by atoms with Gasteiger partial charge in [-0.25, -0.2) is 0 Å². The first-order chi connectivity index (χ1) is 7.49. The van der Waals surface area contributed by atoms with Crippen molar-refractivity contribution in [3.63, 3.8) is 0 Å². The molecule has 3 heteroatoms. The molecule has 2 aliphatic heterocycles. The SMILES string of the molecule is CC(=O)c1ccc2c(c1)[C@@H]1O[C@@H]1C(C)(C)O2. The quantitative estimate of drug-likeness (QED) is 0.537. The number of epoxide rings is 1. The maximum absolute atomic E-state index is 11.3. The summed E-state index contributed by atoms with van der Waals surface area (Å²) < 4.78 is 11.5. The van der Waals surface area contributed by atoms with Crippen LogP contribution in [0, 0.1) is 0 Å². The fourth-order valence-corrected chi connectivity index (χ4v) is 2.30. The molecule has 1 aromatic carbocycles. The molecule has 2 heterocycles. The van der Waals surface area contributed by atoms with E-state index in [-0.39, 0.29) is 23.6 Å². The molecule has 2 atom stereocenters. The minimum atomic E-state index is -0.268. The predicted octanol–water partition coefficient (Wildman–Crippen LogP) is 2.50. The van der Waals surface area contributed by atoms with Crippen LogP contribution in [0.3, 0.4) is 0 Å². The molecule has 0 unspecified atom stereocenters. The van der Waals surface area contributed by atoms with E-state index >= 15 is 0 Å². The summed E-state index contributed by atoms with van der Waals surface area (Å²) >= 11 is 0. The van der Waals surface area contributed by atoms with Gasteiger partial charge in [0.15, 0.2) is 5.78 Å². The van der Waals surface area contributed by atoms with Gasteiger partial charge in [0, 0.05) is 11.1 Å². The Hall–Kier alpha value is -1.35. The van der Waals surface area contributed by atoms with Gasteiger partial charge in [0.25, 0.3) is 0 Å². The fourth-order valence-electron chi connectivity index (χ4n) is 2.30. The van der Waals surface area contributed by atoms with E-state index in [2.05, 4.69) is 0 Å². The monoisotopic (exact) mass is 218 g/mol. The smallest absolute Gasteiger partial charge is 0.159 e. The molecule has 0 N–H and O–H groups in total. The summed E-state index contributed by atoms with van der Waals surface area (Å²) in [6.07, 6.45) is 0.236. The number of benzene rings is 1. The molecular weight excluding hydrogens is 204 g/mol. The average Bonchev–Trinajstić information content (AvgIpc) is 2.97. The second-order valence-electron chi connectivity index (χ2n) is 4.99. The van der Waals surface area contributed by atoms with E-state index in [0.29, 0.717) is 0 Å². The number of carbonyl (C=O) groups is 1. The molecule has 2 aliphatic rings. The molecule has 0 saturated carbocycles. The first-order valence-electron chi connectivity index (χ1n) is 5.48. The highest BCUT2D eigenvalue weighted by atomic mass is 16.6. The number of hydrogen-bond acceptors (Lipinski definition) is 3. The maximum atomic E-state index is 11.3. The highest BCUT2D eigenvalue weighted by molar-refractivity contribution is 5.94. The van der Waals surface area contributed by atoms with E-state index in [9.17, 15) is 4.79 Å². The van der Waals surface area contributed by atoms with Crippen LogP contribution in [0.25, 0.3) is 0 Å². The Morgan fingerprint density at radius 2 is 2.12 bits per heavy atom. The molecule has 1 aromatic rings. The Morgan fingerprint density at radius 1 is 1.38 bits per heavy atom. The zero-order valence-electron chi connectivity index (χ0n) is 9.61. The molecule has 0 aliphatic carbocycles. The molecule has 3 rings (SSSR count). The summed E-state index contributed by atoms with van der Waals surface area (Å²) in [6, 6.07) is 5.56. The molecule has 1 saturated heterocycles. The average molecular weight is 218 g/mol. The van der Waals surface area contributed by atoms with Crippen molar-refractivity contribution in [2.45, 2.75) is 38.6 Å². The summed E-state index contributed by atoms with van der Waals surface area (Å²) in [7, 11) is 0. The van der Waals surface area contributed by atoms with Crippen molar-refractivity contribution < 1.29 is 14.3 Å². The summed E-state index contributed by atoms with van der Waals surface area (Å²) in [5.74, 6) is 0.915. The highest BCUT2D eigenvalue weighted by Crippen LogP contribution is 2.53. The summed E-state index contributed by atoms with van der Waals surface area (Å²) in [4.78, 5) is 11.3. The van der Waals surface area contributed by atoms with Crippen molar-refractivity contribution in [2.24, 2.45) is 0 Å². The minimum Gasteiger partial charge on any atom is -0.485 e. The molecule has 3 nitrogen and oxygen atoms in total. The van der Waals surface area contributed by atoms with Crippen LogP contribution >= 0.6 is 0 Å². The molecular formula is C13H14O3. The van der Waals surface area contributed by atoms with E-state index in [1.165, 1.54) is 0 Å². The number of ketones is 1. The Morgan fingerprint density at radius 3 is 2.81 bits per heavy atom. The molecule has 84 valence electrons. The Bertz CT molecular complexity index is 476. The summed E-state index contributed by atoms with van der Waals surface area (Å²) in [6.45, 7) is 5.62. The van der Waals surface area contributed by atoms with Gasteiger partial charge in [-0.1, -0.05) is 0 Å². The van der Waals surface area contributed by atoms with Crippen LogP contribution in [0.4, 0.5) is 0 Å². The first kappa shape index (κ1) is 9.85. The van der Waals surface area contributed by atoms with Gasteiger partial charge in [-0.05, 0) is 39.0 Å². The number of rotatable bonds is 1. The van der Waals surface area contributed by atoms with Gasteiger partial charge < -0.3 is 9.47 Å². The lowest BCUT2D eigenvalue weighted by Gasteiger charge is -2.29. The predicted molar refractivity (Wildman–Crippen MR) is 58.8 cm³/mol. The normalized spacial score (nSPS) is 28.7. The lowest BCUT2D eigenvalue weighted by Crippen LogP contribution is -2.37. The zero-order chi connectivity index (χ0) is 11.5. The van der Waals surface area contributed by atoms with Gasteiger partial charge >= 0.3 is 0 Å². The van der Waals surface area contributed by atoms with Crippen LogP contribution in [-0.4, -0.2) is 17.5 Å². The maximum Gasteiger partial charge on any atom is 0.159 e. The van der Waals surface area contributed by atoms with Crippen LogP contribution in [0.1, 0.15) is 42.8 Å². The van der Waals surface area contributed by atoms with Crippen molar-refractivity contribution in [1.82, 2.24) is 0 Å². The zero-order valence-corrected chi connectivity index (χ0v) is 9.61. The van der Waals surface area contributed by atoms with Gasteiger partial charge in [-0.15, -0.1) is 0 Å². The van der Waals surface area contributed by atoms with Gasteiger partial charge in [0.05, 0.1) is 0 Å². The van der Waals surface area contributed by atoms with Crippen LogP contribution in [0.5, 0.6) is 5.75 Å². The van der Waals surface area contributed by atoms with Crippen molar-refractivity contribution in [3.05, 3.63) is 29.3 Å². The van der Waals surface area contributed by atoms with Gasteiger partial charge in [0.1, 0.15) is 23.6 Å². The van der Waals surface area contributed by atoms with Crippen molar-refractivity contribution in [3.8, 4) is 5.75 Å². The van der Waals surface area contributed by atoms with E-state index in [1.54, 1.807) is 13.0 Å². The molecule has 0 aromatic heterocycles. The fraction of sp³-hybridized carbons (Fsp3) is 0.462.